The van der Waals surface area contributed by atoms with Gasteiger partial charge < -0.3 is 14.2 Å². The van der Waals surface area contributed by atoms with E-state index in [1.165, 1.54) is 0 Å². The molecule has 0 unspecified atom stereocenters. The highest BCUT2D eigenvalue weighted by molar-refractivity contribution is 6.41. The fourth-order valence-electron chi connectivity index (χ4n) is 2.78. The number of Topliss-reactive ketones (excluding diaryl/α,β-unsaturated/α-hetero) is 1. The first kappa shape index (κ1) is 17.4. The van der Waals surface area contributed by atoms with Gasteiger partial charge in [-0.25, -0.2) is 4.79 Å². The molecule has 1 aromatic heterocycles. The molecule has 132 valence electrons. The van der Waals surface area contributed by atoms with Crippen molar-refractivity contribution in [2.75, 3.05) is 6.79 Å². The van der Waals surface area contributed by atoms with Gasteiger partial charge in [-0.05, 0) is 26.0 Å². The van der Waals surface area contributed by atoms with Gasteiger partial charge in [0.2, 0.25) is 0 Å². The Morgan fingerprint density at radius 3 is 2.80 bits per heavy atom. The number of halogens is 1. The Bertz CT molecular complexity index is 859. The Kier molecular flexibility index (Phi) is 4.78. The molecule has 0 bridgehead atoms. The van der Waals surface area contributed by atoms with Gasteiger partial charge in [0.1, 0.15) is 12.4 Å². The number of hydrogen-bond acceptors (Lipinski definition) is 6. The van der Waals surface area contributed by atoms with Crippen LogP contribution in [0.25, 0.3) is 0 Å². The second-order valence-electron chi connectivity index (χ2n) is 5.74. The van der Waals surface area contributed by atoms with E-state index in [1.54, 1.807) is 37.7 Å². The number of rotatable bonds is 4. The average molecular weight is 365 g/mol. The molecule has 0 fully saturated rings. The second kappa shape index (κ2) is 6.85. The molecule has 1 aliphatic rings. The third-order valence-corrected chi connectivity index (χ3v) is 4.25. The van der Waals surface area contributed by atoms with E-state index in [0.29, 0.717) is 34.3 Å². The van der Waals surface area contributed by atoms with E-state index < -0.39 is 11.8 Å². The Balaban J connectivity index is 1.77. The number of nitrogens with zero attached hydrogens (tertiary/aromatic N) is 2. The fraction of sp³-hybridized carbons (Fsp3) is 0.353. The molecule has 8 heteroatoms. The van der Waals surface area contributed by atoms with Crippen LogP contribution in [0.2, 0.25) is 5.02 Å². The molecule has 0 saturated heterocycles. The standard InChI is InChI=1S/C17H17ClN2O5/c1-9-14(10(2)20(3)19-9)15(21)17(22)24-7-12-5-13(18)4-11-6-23-8-25-16(11)12/h4-5H,6-8H2,1-3H3. The van der Waals surface area contributed by atoms with E-state index in [9.17, 15) is 9.59 Å². The molecule has 0 radical (unpaired) electrons. The van der Waals surface area contributed by atoms with Gasteiger partial charge in [-0.15, -0.1) is 0 Å². The molecule has 0 atom stereocenters. The minimum absolute atomic E-state index is 0.114. The van der Waals surface area contributed by atoms with Crippen LogP contribution in [0.15, 0.2) is 12.1 Å². The maximum absolute atomic E-state index is 12.4. The van der Waals surface area contributed by atoms with Gasteiger partial charge >= 0.3 is 5.97 Å². The zero-order valence-electron chi connectivity index (χ0n) is 14.1. The summed E-state index contributed by atoms with van der Waals surface area (Å²) in [6.45, 7) is 3.76. The van der Waals surface area contributed by atoms with Crippen molar-refractivity contribution < 1.29 is 23.8 Å². The second-order valence-corrected chi connectivity index (χ2v) is 6.17. The van der Waals surface area contributed by atoms with Crippen LogP contribution >= 0.6 is 11.6 Å². The summed E-state index contributed by atoms with van der Waals surface area (Å²) in [5, 5.41) is 4.61. The third-order valence-electron chi connectivity index (χ3n) is 4.03. The number of ketones is 1. The predicted molar refractivity (Wildman–Crippen MR) is 88.5 cm³/mol. The molecule has 0 spiro atoms. The quantitative estimate of drug-likeness (QED) is 0.471. The summed E-state index contributed by atoms with van der Waals surface area (Å²) in [7, 11) is 1.71. The van der Waals surface area contributed by atoms with Crippen molar-refractivity contribution in [1.82, 2.24) is 9.78 Å². The fourth-order valence-corrected chi connectivity index (χ4v) is 3.04. The summed E-state index contributed by atoms with van der Waals surface area (Å²) >= 11 is 6.07. The van der Waals surface area contributed by atoms with Crippen molar-refractivity contribution in [2.45, 2.75) is 27.1 Å². The van der Waals surface area contributed by atoms with E-state index in [0.717, 1.165) is 5.56 Å². The lowest BCUT2D eigenvalue weighted by molar-refractivity contribution is -0.139. The maximum Gasteiger partial charge on any atom is 0.380 e. The van der Waals surface area contributed by atoms with Crippen molar-refractivity contribution in [3.05, 3.63) is 45.2 Å². The number of benzene rings is 1. The van der Waals surface area contributed by atoms with Gasteiger partial charge in [-0.3, -0.25) is 9.48 Å². The molecule has 3 rings (SSSR count). The number of carbonyl (C=O) groups excluding carboxylic acids is 2. The SMILES string of the molecule is Cc1nn(C)c(C)c1C(=O)C(=O)OCc1cc(Cl)cc2c1OCOC2. The van der Waals surface area contributed by atoms with Gasteiger partial charge in [0.25, 0.3) is 5.78 Å². The number of aryl methyl sites for hydroxylation is 2. The molecule has 0 amide bonds. The number of aromatic nitrogens is 2. The van der Waals surface area contributed by atoms with Crippen molar-refractivity contribution in [2.24, 2.45) is 7.05 Å². The van der Waals surface area contributed by atoms with Crippen LogP contribution in [-0.4, -0.2) is 28.3 Å². The normalized spacial score (nSPS) is 13.1. The Hall–Kier alpha value is -2.38. The summed E-state index contributed by atoms with van der Waals surface area (Å²) in [6.07, 6.45) is 0. The first-order valence-electron chi connectivity index (χ1n) is 7.62. The highest BCUT2D eigenvalue weighted by Crippen LogP contribution is 2.32. The van der Waals surface area contributed by atoms with Gasteiger partial charge in [0, 0.05) is 28.9 Å². The summed E-state index contributed by atoms with van der Waals surface area (Å²) in [4.78, 5) is 24.5. The lowest BCUT2D eigenvalue weighted by Crippen LogP contribution is -2.20. The van der Waals surface area contributed by atoms with E-state index in [-0.39, 0.29) is 19.0 Å². The van der Waals surface area contributed by atoms with Crippen LogP contribution in [0, 0.1) is 13.8 Å². The van der Waals surface area contributed by atoms with E-state index in [2.05, 4.69) is 5.10 Å². The number of fused-ring (bicyclic) bond motifs is 1. The number of ether oxygens (including phenoxy) is 3. The largest absolute Gasteiger partial charge is 0.467 e. The number of carbonyl (C=O) groups is 2. The van der Waals surface area contributed by atoms with Crippen LogP contribution in [0.3, 0.4) is 0 Å². The van der Waals surface area contributed by atoms with Crippen LogP contribution in [0.5, 0.6) is 5.75 Å². The first-order chi connectivity index (χ1) is 11.9. The molecule has 1 aliphatic heterocycles. The maximum atomic E-state index is 12.4. The van der Waals surface area contributed by atoms with Crippen LogP contribution in [0.1, 0.15) is 32.9 Å². The summed E-state index contributed by atoms with van der Waals surface area (Å²) in [5.74, 6) is -1.09. The zero-order valence-corrected chi connectivity index (χ0v) is 14.8. The molecular weight excluding hydrogens is 348 g/mol. The van der Waals surface area contributed by atoms with Gasteiger partial charge in [-0.1, -0.05) is 11.6 Å². The molecule has 25 heavy (non-hydrogen) atoms. The summed E-state index contributed by atoms with van der Waals surface area (Å²) < 4.78 is 17.4. The molecule has 0 saturated carbocycles. The number of hydrogen-bond donors (Lipinski definition) is 0. The topological polar surface area (TPSA) is 79.7 Å². The van der Waals surface area contributed by atoms with Crippen LogP contribution in [0.4, 0.5) is 0 Å². The van der Waals surface area contributed by atoms with Crippen molar-refractivity contribution in [3.8, 4) is 5.75 Å². The van der Waals surface area contributed by atoms with E-state index in [4.69, 9.17) is 25.8 Å². The Morgan fingerprint density at radius 2 is 2.12 bits per heavy atom. The lowest BCUT2D eigenvalue weighted by Gasteiger charge is -2.21. The first-order valence-corrected chi connectivity index (χ1v) is 7.99. The zero-order chi connectivity index (χ0) is 18.1. The monoisotopic (exact) mass is 364 g/mol. The molecule has 2 heterocycles. The smallest absolute Gasteiger partial charge is 0.380 e. The molecule has 1 aromatic carbocycles. The summed E-state index contributed by atoms with van der Waals surface area (Å²) in [5.41, 5.74) is 2.73. The molecule has 0 aliphatic carbocycles. The lowest BCUT2D eigenvalue weighted by atomic mass is 10.1. The molecule has 2 aromatic rings. The van der Waals surface area contributed by atoms with Gasteiger partial charge in [0.05, 0.1) is 17.9 Å². The average Bonchev–Trinajstić information content (AvgIpc) is 2.83. The Labute approximate surface area is 149 Å². The predicted octanol–water partition coefficient (Wildman–Crippen LogP) is 2.48. The molecular formula is C17H17ClN2O5. The minimum Gasteiger partial charge on any atom is -0.467 e. The highest BCUT2D eigenvalue weighted by Gasteiger charge is 2.26. The van der Waals surface area contributed by atoms with Gasteiger partial charge in [0.15, 0.2) is 6.79 Å². The van der Waals surface area contributed by atoms with Crippen LogP contribution < -0.4 is 4.74 Å². The number of esters is 1. The highest BCUT2D eigenvalue weighted by atomic mass is 35.5. The molecule has 0 N–H and O–H groups in total. The Morgan fingerprint density at radius 1 is 1.36 bits per heavy atom. The van der Waals surface area contributed by atoms with Crippen molar-refractivity contribution in [3.63, 3.8) is 0 Å². The van der Waals surface area contributed by atoms with E-state index >= 15 is 0 Å². The third kappa shape index (κ3) is 3.38. The van der Waals surface area contributed by atoms with Gasteiger partial charge in [-0.2, -0.15) is 5.10 Å². The van der Waals surface area contributed by atoms with Crippen LogP contribution in [-0.2, 0) is 34.5 Å². The minimum atomic E-state index is -0.944. The summed E-state index contributed by atoms with van der Waals surface area (Å²) in [6, 6.07) is 3.37. The molecule has 7 nitrogen and oxygen atoms in total. The van der Waals surface area contributed by atoms with Crippen molar-refractivity contribution in [1.29, 1.82) is 0 Å². The van der Waals surface area contributed by atoms with E-state index in [1.807, 2.05) is 0 Å². The van der Waals surface area contributed by atoms with Crippen molar-refractivity contribution >= 4 is 23.4 Å².